The third-order valence-electron chi connectivity index (χ3n) is 4.68. The van der Waals surface area contributed by atoms with Crippen molar-refractivity contribution in [3.05, 3.63) is 82.9 Å². The maximum atomic E-state index is 9.74. The van der Waals surface area contributed by atoms with Gasteiger partial charge in [0, 0.05) is 4.90 Å². The first kappa shape index (κ1) is 17.3. The molecule has 2 aromatic carbocycles. The highest BCUT2D eigenvalue weighted by Crippen LogP contribution is 2.44. The molecule has 27 heavy (non-hydrogen) atoms. The van der Waals surface area contributed by atoms with Gasteiger partial charge in [-0.25, -0.2) is 4.68 Å². The van der Waals surface area contributed by atoms with Gasteiger partial charge in [-0.2, -0.15) is 10.4 Å². The van der Waals surface area contributed by atoms with Crippen molar-refractivity contribution in [1.82, 2.24) is 9.78 Å². The average molecular weight is 374 g/mol. The van der Waals surface area contributed by atoms with Crippen LogP contribution in [-0.2, 0) is 0 Å². The van der Waals surface area contributed by atoms with Crippen LogP contribution in [0, 0.1) is 18.3 Å². The molecular weight excluding hydrogens is 356 g/mol. The second-order valence-corrected chi connectivity index (χ2v) is 7.13. The van der Waals surface area contributed by atoms with Crippen molar-refractivity contribution < 1.29 is 4.74 Å². The first-order valence-electron chi connectivity index (χ1n) is 8.50. The maximum absolute atomic E-state index is 9.74. The molecule has 0 saturated carbocycles. The molecule has 0 saturated heterocycles. The van der Waals surface area contributed by atoms with E-state index in [-0.39, 0.29) is 11.8 Å². The van der Waals surface area contributed by atoms with Crippen LogP contribution in [0.25, 0.3) is 5.69 Å². The average Bonchev–Trinajstić information content (AvgIpc) is 3.03. The summed E-state index contributed by atoms with van der Waals surface area (Å²) in [5.74, 6) is 0.391. The summed E-state index contributed by atoms with van der Waals surface area (Å²) in [6.07, 6.45) is 2.04. The van der Waals surface area contributed by atoms with Gasteiger partial charge in [0.1, 0.15) is 11.6 Å². The van der Waals surface area contributed by atoms with Crippen LogP contribution in [0.3, 0.4) is 0 Å². The van der Waals surface area contributed by atoms with Crippen LogP contribution in [0.1, 0.15) is 22.7 Å². The van der Waals surface area contributed by atoms with E-state index in [1.807, 2.05) is 55.6 Å². The number of hydrogen-bond donors (Lipinski definition) is 1. The van der Waals surface area contributed by atoms with Crippen molar-refractivity contribution in [3.8, 4) is 17.6 Å². The maximum Gasteiger partial charge on any atom is 0.229 e. The predicted molar refractivity (Wildman–Crippen MR) is 106 cm³/mol. The molecule has 4 rings (SSSR count). The van der Waals surface area contributed by atoms with Gasteiger partial charge in [-0.3, -0.25) is 0 Å². The number of fused-ring (bicyclic) bond motifs is 1. The Morgan fingerprint density at radius 2 is 1.85 bits per heavy atom. The van der Waals surface area contributed by atoms with E-state index in [4.69, 9.17) is 10.5 Å². The fourth-order valence-corrected chi connectivity index (χ4v) is 3.80. The molecule has 1 aliphatic heterocycles. The summed E-state index contributed by atoms with van der Waals surface area (Å²) >= 11 is 1.68. The first-order chi connectivity index (χ1) is 13.1. The molecule has 3 aromatic rings. The van der Waals surface area contributed by atoms with E-state index in [2.05, 4.69) is 23.3 Å². The number of ether oxygens (including phenoxy) is 1. The number of allylic oxidation sites excluding steroid dienone is 1. The van der Waals surface area contributed by atoms with E-state index in [1.54, 1.807) is 16.4 Å². The molecule has 0 aliphatic carbocycles. The van der Waals surface area contributed by atoms with Crippen molar-refractivity contribution >= 4 is 11.8 Å². The Hall–Kier alpha value is -3.17. The minimum Gasteiger partial charge on any atom is -0.422 e. The lowest BCUT2D eigenvalue weighted by Crippen LogP contribution is -2.22. The summed E-state index contributed by atoms with van der Waals surface area (Å²) in [7, 11) is 0. The lowest BCUT2D eigenvalue weighted by molar-refractivity contribution is 0.367. The van der Waals surface area contributed by atoms with Gasteiger partial charge in [0.05, 0.1) is 22.9 Å². The molecule has 1 aliphatic rings. The van der Waals surface area contributed by atoms with Crippen LogP contribution in [-0.4, -0.2) is 16.0 Å². The molecule has 0 fully saturated rings. The second kappa shape index (κ2) is 6.86. The van der Waals surface area contributed by atoms with E-state index in [1.165, 1.54) is 0 Å². The van der Waals surface area contributed by atoms with Crippen molar-refractivity contribution in [2.45, 2.75) is 17.7 Å². The number of nitrogens with zero attached hydrogens (tertiary/aromatic N) is 3. The normalized spacial score (nSPS) is 15.8. The Balaban J connectivity index is 1.92. The zero-order valence-corrected chi connectivity index (χ0v) is 15.8. The topological polar surface area (TPSA) is 76.9 Å². The molecule has 2 N–H and O–H groups in total. The standard InChI is InChI=1S/C21H18N4OS/c1-13-18-19(14-8-10-16(27-2)11-9-14)17(12-22)20(23)26-21(18)25(24-13)15-6-4-3-5-7-15/h3-11,19H,23H2,1-2H3/t19-/m1/s1. The number of rotatable bonds is 3. The molecule has 0 unspecified atom stereocenters. The Morgan fingerprint density at radius 1 is 1.15 bits per heavy atom. The van der Waals surface area contributed by atoms with Crippen LogP contribution in [0.2, 0.25) is 0 Å². The third kappa shape index (κ3) is 2.86. The lowest BCUT2D eigenvalue weighted by atomic mass is 9.84. The summed E-state index contributed by atoms with van der Waals surface area (Å²) in [4.78, 5) is 1.16. The molecule has 6 heteroatoms. The minimum atomic E-state index is -0.299. The monoisotopic (exact) mass is 374 g/mol. The van der Waals surface area contributed by atoms with Gasteiger partial charge in [-0.05, 0) is 43.0 Å². The van der Waals surface area contributed by atoms with Gasteiger partial charge in [0.2, 0.25) is 11.8 Å². The Bertz CT molecular complexity index is 1060. The van der Waals surface area contributed by atoms with E-state index >= 15 is 0 Å². The second-order valence-electron chi connectivity index (χ2n) is 6.25. The number of aryl methyl sites for hydroxylation is 1. The van der Waals surface area contributed by atoms with Crippen LogP contribution < -0.4 is 10.5 Å². The van der Waals surface area contributed by atoms with Crippen LogP contribution in [0.4, 0.5) is 0 Å². The van der Waals surface area contributed by atoms with Crippen molar-refractivity contribution in [1.29, 1.82) is 5.26 Å². The van der Waals surface area contributed by atoms with E-state index in [0.29, 0.717) is 11.5 Å². The quantitative estimate of drug-likeness (QED) is 0.698. The van der Waals surface area contributed by atoms with Crippen molar-refractivity contribution in [2.75, 3.05) is 6.26 Å². The molecule has 0 radical (unpaired) electrons. The van der Waals surface area contributed by atoms with Crippen molar-refractivity contribution in [2.24, 2.45) is 5.73 Å². The number of thioether (sulfide) groups is 1. The zero-order valence-electron chi connectivity index (χ0n) is 15.0. The third-order valence-corrected chi connectivity index (χ3v) is 5.43. The van der Waals surface area contributed by atoms with Gasteiger partial charge in [-0.1, -0.05) is 30.3 Å². The minimum absolute atomic E-state index is 0.126. The molecule has 0 bridgehead atoms. The molecule has 1 aromatic heterocycles. The summed E-state index contributed by atoms with van der Waals surface area (Å²) in [6.45, 7) is 1.93. The van der Waals surface area contributed by atoms with Gasteiger partial charge in [0.15, 0.2) is 0 Å². The van der Waals surface area contributed by atoms with E-state index in [0.717, 1.165) is 27.4 Å². The first-order valence-corrected chi connectivity index (χ1v) is 9.73. The Labute approximate surface area is 162 Å². The van der Waals surface area contributed by atoms with Gasteiger partial charge < -0.3 is 10.5 Å². The van der Waals surface area contributed by atoms with Gasteiger partial charge in [-0.15, -0.1) is 11.8 Å². The summed E-state index contributed by atoms with van der Waals surface area (Å²) in [5.41, 5.74) is 10.1. The fraction of sp³-hybridized carbons (Fsp3) is 0.143. The van der Waals surface area contributed by atoms with E-state index in [9.17, 15) is 5.26 Å². The van der Waals surface area contributed by atoms with Crippen molar-refractivity contribution in [3.63, 3.8) is 0 Å². The van der Waals surface area contributed by atoms with Crippen LogP contribution >= 0.6 is 11.8 Å². The Kier molecular flexibility index (Phi) is 4.38. The number of nitriles is 1. The Morgan fingerprint density at radius 3 is 2.48 bits per heavy atom. The molecule has 0 amide bonds. The van der Waals surface area contributed by atoms with E-state index < -0.39 is 0 Å². The summed E-state index contributed by atoms with van der Waals surface area (Å²) in [6, 6.07) is 20.2. The predicted octanol–water partition coefficient (Wildman–Crippen LogP) is 4.12. The highest BCUT2D eigenvalue weighted by molar-refractivity contribution is 7.98. The molecule has 134 valence electrons. The molecule has 1 atom stereocenters. The molecule has 2 heterocycles. The number of para-hydroxylation sites is 1. The number of aromatic nitrogens is 2. The SMILES string of the molecule is CSc1ccc([C@@H]2C(C#N)=C(N)Oc3c2c(C)nn3-c2ccccc2)cc1. The number of benzene rings is 2. The summed E-state index contributed by atoms with van der Waals surface area (Å²) < 4.78 is 7.61. The van der Waals surface area contributed by atoms with Crippen LogP contribution in [0.15, 0.2) is 70.9 Å². The van der Waals surface area contributed by atoms with Gasteiger partial charge in [0.25, 0.3) is 0 Å². The highest BCUT2D eigenvalue weighted by Gasteiger charge is 2.36. The number of hydrogen-bond acceptors (Lipinski definition) is 5. The lowest BCUT2D eigenvalue weighted by Gasteiger charge is -2.25. The zero-order chi connectivity index (χ0) is 19.0. The fourth-order valence-electron chi connectivity index (χ4n) is 3.39. The largest absolute Gasteiger partial charge is 0.422 e. The molecular formula is C21H18N4OS. The van der Waals surface area contributed by atoms with Crippen LogP contribution in [0.5, 0.6) is 5.88 Å². The highest BCUT2D eigenvalue weighted by atomic mass is 32.2. The number of nitrogens with two attached hydrogens (primary N) is 1. The summed E-state index contributed by atoms with van der Waals surface area (Å²) in [5, 5.41) is 14.4. The molecule has 0 spiro atoms. The molecule has 5 nitrogen and oxygen atoms in total. The van der Waals surface area contributed by atoms with Gasteiger partial charge >= 0.3 is 0 Å². The smallest absolute Gasteiger partial charge is 0.229 e.